The normalized spacial score (nSPS) is 29.5. The lowest BCUT2D eigenvalue weighted by Gasteiger charge is -2.41. The molecule has 17 heavy (non-hydrogen) atoms. The second-order valence-electron chi connectivity index (χ2n) is 5.58. The number of likely N-dealkylation sites (tertiary alicyclic amines) is 1. The summed E-state index contributed by atoms with van der Waals surface area (Å²) in [5.74, 6) is 1.59. The Labute approximate surface area is 105 Å². The molecule has 2 atom stereocenters. The van der Waals surface area contributed by atoms with Crippen molar-refractivity contribution in [1.82, 2.24) is 4.90 Å². The van der Waals surface area contributed by atoms with Crippen LogP contribution >= 0.6 is 0 Å². The first-order valence-electron chi connectivity index (χ1n) is 7.26. The van der Waals surface area contributed by atoms with Gasteiger partial charge in [0.1, 0.15) is 0 Å². The number of piperidine rings is 1. The molecule has 2 heterocycles. The summed E-state index contributed by atoms with van der Waals surface area (Å²) >= 11 is 0. The molecular weight excluding hydrogens is 214 g/mol. The summed E-state index contributed by atoms with van der Waals surface area (Å²) in [5, 5.41) is 0. The highest BCUT2D eigenvalue weighted by molar-refractivity contribution is 4.81. The molecule has 0 spiro atoms. The molecule has 0 N–H and O–H groups in total. The van der Waals surface area contributed by atoms with Crippen LogP contribution in [0.3, 0.4) is 0 Å². The number of nitrogens with zero attached hydrogens (tertiary/aromatic N) is 1. The monoisotopic (exact) mass is 241 g/mol. The molecule has 0 aromatic heterocycles. The van der Waals surface area contributed by atoms with E-state index in [4.69, 9.17) is 9.47 Å². The van der Waals surface area contributed by atoms with Gasteiger partial charge in [0.25, 0.3) is 0 Å². The van der Waals surface area contributed by atoms with Crippen LogP contribution in [0.4, 0.5) is 0 Å². The van der Waals surface area contributed by atoms with Gasteiger partial charge in [0.15, 0.2) is 0 Å². The Morgan fingerprint density at radius 2 is 1.82 bits per heavy atom. The molecule has 2 aliphatic rings. The average Bonchev–Trinajstić information content (AvgIpc) is 2.33. The molecular formula is C14H27NO2. The van der Waals surface area contributed by atoms with Gasteiger partial charge >= 0.3 is 0 Å². The molecule has 0 aromatic rings. The van der Waals surface area contributed by atoms with Crippen molar-refractivity contribution in [3.8, 4) is 0 Å². The van der Waals surface area contributed by atoms with E-state index in [9.17, 15) is 0 Å². The van der Waals surface area contributed by atoms with Crippen LogP contribution in [0, 0.1) is 11.8 Å². The first-order valence-corrected chi connectivity index (χ1v) is 7.26. The number of ether oxygens (including phenoxy) is 2. The summed E-state index contributed by atoms with van der Waals surface area (Å²) in [6.45, 7) is 9.74. The van der Waals surface area contributed by atoms with Gasteiger partial charge in [-0.05, 0) is 31.1 Å². The Kier molecular flexibility index (Phi) is 5.75. The molecule has 0 amide bonds. The second-order valence-corrected chi connectivity index (χ2v) is 5.58. The van der Waals surface area contributed by atoms with Crippen molar-refractivity contribution >= 4 is 0 Å². The predicted octanol–water partition coefficient (Wildman–Crippen LogP) is 2.16. The molecule has 100 valence electrons. The van der Waals surface area contributed by atoms with Crippen molar-refractivity contribution in [2.75, 3.05) is 46.1 Å². The third-order valence-electron chi connectivity index (χ3n) is 3.81. The molecule has 0 aliphatic carbocycles. The van der Waals surface area contributed by atoms with Crippen LogP contribution in [-0.2, 0) is 9.47 Å². The molecule has 0 radical (unpaired) electrons. The van der Waals surface area contributed by atoms with Crippen molar-refractivity contribution in [2.45, 2.75) is 32.6 Å². The van der Waals surface area contributed by atoms with Gasteiger partial charge in [0.2, 0.25) is 0 Å². The fourth-order valence-corrected chi connectivity index (χ4v) is 2.99. The second kappa shape index (κ2) is 7.34. The molecule has 2 unspecified atom stereocenters. The highest BCUT2D eigenvalue weighted by Crippen LogP contribution is 2.26. The van der Waals surface area contributed by atoms with E-state index in [0.717, 1.165) is 38.3 Å². The average molecular weight is 241 g/mol. The maximum Gasteiger partial charge on any atom is 0.0506 e. The van der Waals surface area contributed by atoms with E-state index < -0.39 is 0 Å². The van der Waals surface area contributed by atoms with Crippen molar-refractivity contribution < 1.29 is 9.47 Å². The van der Waals surface area contributed by atoms with Gasteiger partial charge in [-0.3, -0.25) is 0 Å². The number of rotatable bonds is 7. The van der Waals surface area contributed by atoms with Crippen LogP contribution in [0.15, 0.2) is 0 Å². The third-order valence-corrected chi connectivity index (χ3v) is 3.81. The minimum Gasteiger partial charge on any atom is -0.381 e. The number of hydrogen-bond donors (Lipinski definition) is 0. The zero-order chi connectivity index (χ0) is 11.9. The first kappa shape index (κ1) is 13.3. The fraction of sp³-hybridized carbons (Fsp3) is 1.00. The van der Waals surface area contributed by atoms with E-state index in [1.165, 1.54) is 45.3 Å². The first-order chi connectivity index (χ1) is 8.38. The van der Waals surface area contributed by atoms with Crippen LogP contribution in [0.2, 0.25) is 0 Å². The maximum absolute atomic E-state index is 5.61. The summed E-state index contributed by atoms with van der Waals surface area (Å²) < 4.78 is 11.2. The van der Waals surface area contributed by atoms with Crippen molar-refractivity contribution in [2.24, 2.45) is 11.8 Å². The lowest BCUT2D eigenvalue weighted by atomic mass is 9.88. The van der Waals surface area contributed by atoms with E-state index in [-0.39, 0.29) is 0 Å². The van der Waals surface area contributed by atoms with Gasteiger partial charge in [0, 0.05) is 32.8 Å². The summed E-state index contributed by atoms with van der Waals surface area (Å²) in [6.07, 6.45) is 5.01. The largest absolute Gasteiger partial charge is 0.381 e. The van der Waals surface area contributed by atoms with Gasteiger partial charge in [-0.25, -0.2) is 0 Å². The fourth-order valence-electron chi connectivity index (χ4n) is 2.99. The summed E-state index contributed by atoms with van der Waals surface area (Å²) in [6, 6.07) is 0. The Morgan fingerprint density at radius 1 is 1.12 bits per heavy atom. The molecule has 2 saturated heterocycles. The number of hydrogen-bond acceptors (Lipinski definition) is 3. The highest BCUT2D eigenvalue weighted by atomic mass is 16.5. The molecule has 2 bridgehead atoms. The quantitative estimate of drug-likeness (QED) is 0.638. The van der Waals surface area contributed by atoms with Crippen molar-refractivity contribution in [3.05, 3.63) is 0 Å². The zero-order valence-corrected chi connectivity index (χ0v) is 11.2. The molecule has 2 rings (SSSR count). The van der Waals surface area contributed by atoms with Crippen molar-refractivity contribution in [1.29, 1.82) is 0 Å². The van der Waals surface area contributed by atoms with E-state index >= 15 is 0 Å². The van der Waals surface area contributed by atoms with Gasteiger partial charge in [-0.1, -0.05) is 13.3 Å². The van der Waals surface area contributed by atoms with E-state index in [1.807, 2.05) is 0 Å². The van der Waals surface area contributed by atoms with Gasteiger partial charge in [-0.15, -0.1) is 0 Å². The van der Waals surface area contributed by atoms with Gasteiger partial charge in [0.05, 0.1) is 13.2 Å². The standard InChI is InChI=1S/C14H27NO2/c1-2-3-6-16-7-4-5-15-9-13-8-14(10-15)12-17-11-13/h13-14H,2-12H2,1H3. The minimum absolute atomic E-state index is 0.795. The summed E-state index contributed by atoms with van der Waals surface area (Å²) in [5.41, 5.74) is 0. The van der Waals surface area contributed by atoms with Gasteiger partial charge < -0.3 is 14.4 Å². The molecule has 2 fully saturated rings. The van der Waals surface area contributed by atoms with E-state index in [2.05, 4.69) is 11.8 Å². The predicted molar refractivity (Wildman–Crippen MR) is 69.2 cm³/mol. The summed E-state index contributed by atoms with van der Waals surface area (Å²) in [7, 11) is 0. The molecule has 0 aromatic carbocycles. The molecule has 2 aliphatic heterocycles. The van der Waals surface area contributed by atoms with Gasteiger partial charge in [-0.2, -0.15) is 0 Å². The maximum atomic E-state index is 5.61. The lowest BCUT2D eigenvalue weighted by Crippen LogP contribution is -2.47. The van der Waals surface area contributed by atoms with Crippen LogP contribution in [0.25, 0.3) is 0 Å². The highest BCUT2D eigenvalue weighted by Gasteiger charge is 2.30. The SMILES string of the molecule is CCCCOCCCN1CC2COCC(C2)C1. The smallest absolute Gasteiger partial charge is 0.0506 e. The minimum atomic E-state index is 0.795. The van der Waals surface area contributed by atoms with E-state index in [0.29, 0.717) is 0 Å². The Balaban J connectivity index is 1.54. The van der Waals surface area contributed by atoms with Crippen LogP contribution in [-0.4, -0.2) is 51.0 Å². The van der Waals surface area contributed by atoms with Crippen LogP contribution < -0.4 is 0 Å². The summed E-state index contributed by atoms with van der Waals surface area (Å²) in [4.78, 5) is 2.62. The van der Waals surface area contributed by atoms with Crippen LogP contribution in [0.5, 0.6) is 0 Å². The zero-order valence-electron chi connectivity index (χ0n) is 11.2. The topological polar surface area (TPSA) is 21.7 Å². The number of unbranched alkanes of at least 4 members (excludes halogenated alkanes) is 1. The van der Waals surface area contributed by atoms with Crippen molar-refractivity contribution in [3.63, 3.8) is 0 Å². The molecule has 3 heteroatoms. The Hall–Kier alpha value is -0.120. The molecule has 0 saturated carbocycles. The molecule has 3 nitrogen and oxygen atoms in total. The Morgan fingerprint density at radius 3 is 2.53 bits per heavy atom. The third kappa shape index (κ3) is 4.57. The number of fused-ring (bicyclic) bond motifs is 2. The van der Waals surface area contributed by atoms with Crippen LogP contribution in [0.1, 0.15) is 32.6 Å². The van der Waals surface area contributed by atoms with E-state index in [1.54, 1.807) is 0 Å². The lowest BCUT2D eigenvalue weighted by molar-refractivity contribution is -0.0418. The Bertz CT molecular complexity index is 198.